The lowest BCUT2D eigenvalue weighted by Crippen LogP contribution is -2.28. The third kappa shape index (κ3) is 7.23. The monoisotopic (exact) mass is 971 g/mol. The fourth-order valence-corrected chi connectivity index (χ4v) is 9.84. The van der Waals surface area contributed by atoms with Crippen LogP contribution in [0.4, 0.5) is 26.1 Å². The maximum absolute atomic E-state index is 16.6. The number of amides is 2. The molecule has 12 rings (SSSR count). The first-order valence-electron chi connectivity index (χ1n) is 22.8. The van der Waals surface area contributed by atoms with Crippen molar-refractivity contribution >= 4 is 94.6 Å². The molecule has 0 bridgehead atoms. The second-order valence-corrected chi connectivity index (χ2v) is 18.0. The Morgan fingerprint density at radius 1 is 0.877 bits per heavy atom. The summed E-state index contributed by atoms with van der Waals surface area (Å²) in [5.74, 6) is 0.184. The first-order valence-corrected chi connectivity index (χ1v) is 22.8. The summed E-state index contributed by atoms with van der Waals surface area (Å²) >= 11 is 0. The number of aromatic nitrogens is 11. The summed E-state index contributed by atoms with van der Waals surface area (Å²) in [4.78, 5) is 56.7. The minimum Gasteiger partial charge on any atom is -0.421 e. The molecule has 4 aromatic carbocycles. The minimum absolute atomic E-state index is 0.0282. The van der Waals surface area contributed by atoms with Gasteiger partial charge in [0, 0.05) is 59.1 Å². The molecule has 2 amide bonds. The van der Waals surface area contributed by atoms with Gasteiger partial charge in [0.1, 0.15) is 41.3 Å². The molecule has 1 fully saturated rings. The Morgan fingerprint density at radius 2 is 1.62 bits per heavy atom. The number of carbonyl (C=O) groups is 2. The SMILES string of the molecule is C#Cc1cc2c3cc(Oc4nccc(C)n4)c(F)cc3c3c4c(N)ncnc4n(CC4CC4NC(=O)c4n[nH]c5cc(-c6c(-c7ccc(NC(=O)C(=C)C)cc7)n(C)c7ncnc(N)c67)ccc45)c3c2c(F)n1. The quantitative estimate of drug-likeness (QED) is 0.0374. The number of pyridine rings is 1. The third-order valence-electron chi connectivity index (χ3n) is 13.4. The number of nitrogen functional groups attached to an aromatic ring is 2. The number of H-pyrrole nitrogens is 1. The predicted octanol–water partition coefficient (Wildman–Crippen LogP) is 8.43. The number of nitrogens with one attached hydrogen (secondary N) is 3. The average Bonchev–Trinajstić information content (AvgIpc) is 3.66. The molecule has 0 radical (unpaired) electrons. The van der Waals surface area contributed by atoms with Gasteiger partial charge in [-0.05, 0) is 102 Å². The molecule has 7 aromatic heterocycles. The number of hydrogen-bond donors (Lipinski definition) is 5. The molecule has 358 valence electrons. The van der Waals surface area contributed by atoms with Crippen molar-refractivity contribution in [2.75, 3.05) is 16.8 Å². The van der Waals surface area contributed by atoms with E-state index >= 15 is 8.78 Å². The highest BCUT2D eigenvalue weighted by atomic mass is 19.1. The van der Waals surface area contributed by atoms with Gasteiger partial charge in [-0.1, -0.05) is 30.7 Å². The molecule has 20 heteroatoms. The van der Waals surface area contributed by atoms with E-state index in [9.17, 15) is 9.59 Å². The molecule has 1 saturated carbocycles. The van der Waals surface area contributed by atoms with Crippen LogP contribution in [-0.4, -0.2) is 72.1 Å². The first-order chi connectivity index (χ1) is 35.3. The molecule has 7 N–H and O–H groups in total. The minimum atomic E-state index is -0.857. The molecule has 2 unspecified atom stereocenters. The molecule has 2 atom stereocenters. The standard InChI is InChI=1S/C53H39F2N15O3/c1-6-28-17-32-31-19-37(73-53-58-14-13-24(4)63-53)34(54)18-33(31)39-42-48(57)60-22-62-50(42)70(45(39)40(32)46(55)64-28)20-27-16-35(27)66-52(72)43-30-12-9-26(15-36(30)67-68-43)38-41-47(56)59-21-61-49(41)69(5)44(38)25-7-10-29(11-8-25)65-51(71)23(2)3/h1,7-15,17-19,21-22,27,35H,2,16,20H2,3-5H3,(H,65,71)(H,66,72)(H,67,68)(H2,56,59,61)(H2,57,60,62). The molecule has 11 aromatic rings. The number of ether oxygens (including phenoxy) is 1. The van der Waals surface area contributed by atoms with Gasteiger partial charge in [0.15, 0.2) is 17.3 Å². The van der Waals surface area contributed by atoms with E-state index in [1.807, 2.05) is 58.6 Å². The topological polar surface area (TPSA) is 248 Å². The number of aryl methyl sites for hydroxylation is 2. The Morgan fingerprint density at radius 3 is 2.37 bits per heavy atom. The summed E-state index contributed by atoms with van der Waals surface area (Å²) in [6.07, 6.45) is 10.5. The summed E-state index contributed by atoms with van der Waals surface area (Å²) in [5.41, 5.74) is 20.0. The van der Waals surface area contributed by atoms with Crippen LogP contribution in [-0.2, 0) is 18.4 Å². The fraction of sp³-hybridized carbons (Fsp3) is 0.132. The van der Waals surface area contributed by atoms with Crippen LogP contribution in [0.3, 0.4) is 0 Å². The van der Waals surface area contributed by atoms with Crippen molar-refractivity contribution in [3.05, 3.63) is 127 Å². The van der Waals surface area contributed by atoms with Crippen molar-refractivity contribution in [2.24, 2.45) is 13.0 Å². The number of anilines is 3. The Balaban J connectivity index is 0.877. The number of halogens is 2. The van der Waals surface area contributed by atoms with Crippen LogP contribution >= 0.6 is 0 Å². The summed E-state index contributed by atoms with van der Waals surface area (Å²) < 4.78 is 42.5. The summed E-state index contributed by atoms with van der Waals surface area (Å²) in [6, 6.07) is 18.6. The predicted molar refractivity (Wildman–Crippen MR) is 273 cm³/mol. The summed E-state index contributed by atoms with van der Waals surface area (Å²) in [5, 5.41) is 16.7. The van der Waals surface area contributed by atoms with Gasteiger partial charge in [-0.2, -0.15) is 9.49 Å². The van der Waals surface area contributed by atoms with Crippen LogP contribution < -0.4 is 26.8 Å². The van der Waals surface area contributed by atoms with Crippen molar-refractivity contribution in [3.8, 4) is 46.5 Å². The van der Waals surface area contributed by atoms with Gasteiger partial charge in [0.2, 0.25) is 5.95 Å². The van der Waals surface area contributed by atoms with Crippen molar-refractivity contribution in [3.63, 3.8) is 0 Å². The molecular weight excluding hydrogens is 933 g/mol. The molecule has 1 aliphatic carbocycles. The Bertz CT molecular complexity index is 4270. The van der Waals surface area contributed by atoms with Crippen molar-refractivity contribution in [1.82, 2.24) is 59.5 Å². The summed E-state index contributed by atoms with van der Waals surface area (Å²) in [7, 11) is 1.89. The number of fused-ring (bicyclic) bond motifs is 10. The van der Waals surface area contributed by atoms with Crippen LogP contribution in [0, 0.1) is 37.0 Å². The lowest BCUT2D eigenvalue weighted by Gasteiger charge is -2.14. The van der Waals surface area contributed by atoms with Crippen molar-refractivity contribution in [2.45, 2.75) is 32.9 Å². The average molecular weight is 972 g/mol. The molecule has 0 saturated heterocycles. The Labute approximate surface area is 411 Å². The normalized spacial score (nSPS) is 14.4. The van der Waals surface area contributed by atoms with E-state index in [1.54, 1.807) is 26.0 Å². The number of carbonyl (C=O) groups excluding carboxylic acids is 2. The Hall–Kier alpha value is -9.90. The highest BCUT2D eigenvalue weighted by molar-refractivity contribution is 6.33. The smallest absolute Gasteiger partial charge is 0.322 e. The molecular formula is C53H39F2N15O3. The largest absolute Gasteiger partial charge is 0.421 e. The number of benzene rings is 4. The zero-order valence-corrected chi connectivity index (χ0v) is 39.0. The van der Waals surface area contributed by atoms with E-state index in [1.165, 1.54) is 31.0 Å². The van der Waals surface area contributed by atoms with Crippen LogP contribution in [0.5, 0.6) is 11.8 Å². The highest BCUT2D eigenvalue weighted by Crippen LogP contribution is 2.47. The number of nitrogens with two attached hydrogens (primary N) is 2. The van der Waals surface area contributed by atoms with Crippen LogP contribution in [0.15, 0.2) is 97.7 Å². The van der Waals surface area contributed by atoms with Gasteiger partial charge < -0.3 is 36.0 Å². The van der Waals surface area contributed by atoms with Gasteiger partial charge in [-0.3, -0.25) is 14.7 Å². The van der Waals surface area contributed by atoms with Gasteiger partial charge in [0.05, 0.1) is 32.9 Å². The maximum atomic E-state index is 16.6. The molecule has 18 nitrogen and oxygen atoms in total. The molecule has 7 heterocycles. The van der Waals surface area contributed by atoms with E-state index in [4.69, 9.17) is 22.6 Å². The number of nitrogens with zero attached hydrogens (tertiary/aromatic N) is 10. The second kappa shape index (κ2) is 16.6. The highest BCUT2D eigenvalue weighted by Gasteiger charge is 2.40. The van der Waals surface area contributed by atoms with Crippen molar-refractivity contribution in [1.29, 1.82) is 0 Å². The zero-order chi connectivity index (χ0) is 50.6. The number of aromatic amines is 1. The molecule has 0 aliphatic heterocycles. The van der Waals surface area contributed by atoms with E-state index < -0.39 is 17.7 Å². The second-order valence-electron chi connectivity index (χ2n) is 18.0. The van der Waals surface area contributed by atoms with E-state index in [2.05, 4.69) is 68.2 Å². The summed E-state index contributed by atoms with van der Waals surface area (Å²) in [6.45, 7) is 7.36. The molecule has 1 aliphatic rings. The van der Waals surface area contributed by atoms with Gasteiger partial charge >= 0.3 is 6.01 Å². The van der Waals surface area contributed by atoms with Crippen molar-refractivity contribution < 1.29 is 23.1 Å². The van der Waals surface area contributed by atoms with E-state index in [-0.39, 0.29) is 64.6 Å². The van der Waals surface area contributed by atoms with Crippen LogP contribution in [0.1, 0.15) is 35.2 Å². The maximum Gasteiger partial charge on any atom is 0.322 e. The van der Waals surface area contributed by atoms with Crippen LogP contribution in [0.25, 0.3) is 87.8 Å². The van der Waals surface area contributed by atoms with Crippen LogP contribution in [0.2, 0.25) is 0 Å². The van der Waals surface area contributed by atoms with Gasteiger partial charge in [-0.15, -0.1) is 6.42 Å². The number of terminal acetylenes is 1. The van der Waals surface area contributed by atoms with E-state index in [0.29, 0.717) is 83.4 Å². The third-order valence-corrected chi connectivity index (χ3v) is 13.4. The molecule has 73 heavy (non-hydrogen) atoms. The lowest BCUT2D eigenvalue weighted by molar-refractivity contribution is -0.112. The molecule has 0 spiro atoms. The number of rotatable bonds is 10. The fourth-order valence-electron chi connectivity index (χ4n) is 9.84. The van der Waals surface area contributed by atoms with Gasteiger partial charge in [0.25, 0.3) is 11.8 Å². The van der Waals surface area contributed by atoms with Gasteiger partial charge in [-0.25, -0.2) is 39.3 Å². The first kappa shape index (κ1) is 44.3. The Kier molecular flexibility index (Phi) is 10.1. The lowest BCUT2D eigenvalue weighted by atomic mass is 9.96. The number of hydrogen-bond acceptors (Lipinski definition) is 13. The van der Waals surface area contributed by atoms with E-state index in [0.717, 1.165) is 22.4 Å². The zero-order valence-electron chi connectivity index (χ0n) is 39.0.